The zero-order chi connectivity index (χ0) is 20.7. The maximum Gasteiger partial charge on any atom is 0.191 e. The van der Waals surface area contributed by atoms with Crippen molar-refractivity contribution in [3.8, 4) is 0 Å². The molecule has 3 rings (SSSR count). The number of para-hydroxylation sites is 1. The van der Waals surface area contributed by atoms with E-state index in [2.05, 4.69) is 56.7 Å². The summed E-state index contributed by atoms with van der Waals surface area (Å²) in [6.45, 7) is 11.7. The minimum absolute atomic E-state index is 0.353. The molecule has 2 heterocycles. The largest absolute Gasteiger partial charge is 0.387 e. The third-order valence-electron chi connectivity index (χ3n) is 5.28. The molecule has 4 N–H and O–H groups in total. The van der Waals surface area contributed by atoms with Gasteiger partial charge in [0.05, 0.1) is 25.4 Å². The van der Waals surface area contributed by atoms with Crippen molar-refractivity contribution in [2.45, 2.75) is 32.8 Å². The van der Waals surface area contributed by atoms with E-state index in [0.29, 0.717) is 13.1 Å². The Morgan fingerprint density at radius 3 is 2.79 bits per heavy atom. The number of benzene rings is 1. The van der Waals surface area contributed by atoms with Crippen LogP contribution in [-0.2, 0) is 11.2 Å². The number of aryl methyl sites for hydroxylation is 1. The zero-order valence-electron chi connectivity index (χ0n) is 17.9. The molecule has 7 heteroatoms. The molecule has 1 aliphatic rings. The van der Waals surface area contributed by atoms with Crippen LogP contribution in [0, 0.1) is 6.92 Å². The van der Waals surface area contributed by atoms with Crippen molar-refractivity contribution in [3.05, 3.63) is 35.5 Å². The smallest absolute Gasteiger partial charge is 0.191 e. The lowest BCUT2D eigenvalue weighted by molar-refractivity contribution is -0.0179. The molecule has 0 aliphatic carbocycles. The molecule has 1 atom stereocenters. The number of ether oxygens (including phenoxy) is 1. The molecule has 1 aromatic heterocycles. The van der Waals surface area contributed by atoms with Crippen molar-refractivity contribution < 1.29 is 9.84 Å². The van der Waals surface area contributed by atoms with Crippen LogP contribution in [0.4, 0.5) is 0 Å². The second kappa shape index (κ2) is 10.1. The summed E-state index contributed by atoms with van der Waals surface area (Å²) < 4.78 is 5.38. The Kier molecular flexibility index (Phi) is 7.52. The lowest BCUT2D eigenvalue weighted by Gasteiger charge is -2.33. The first-order chi connectivity index (χ1) is 14.0. The Bertz CT molecular complexity index is 809. The van der Waals surface area contributed by atoms with Crippen LogP contribution in [-0.4, -0.2) is 79.0 Å². The molecule has 2 aromatic rings. The zero-order valence-corrected chi connectivity index (χ0v) is 17.9. The van der Waals surface area contributed by atoms with E-state index in [1.165, 1.54) is 22.2 Å². The van der Waals surface area contributed by atoms with E-state index >= 15 is 0 Å². The van der Waals surface area contributed by atoms with Crippen molar-refractivity contribution in [2.24, 2.45) is 4.99 Å². The number of H-pyrrole nitrogens is 1. The van der Waals surface area contributed by atoms with Crippen LogP contribution in [0.1, 0.15) is 25.1 Å². The van der Waals surface area contributed by atoms with Gasteiger partial charge in [0, 0.05) is 49.3 Å². The van der Waals surface area contributed by atoms with Gasteiger partial charge in [-0.1, -0.05) is 18.2 Å². The van der Waals surface area contributed by atoms with Crippen molar-refractivity contribution in [2.75, 3.05) is 52.5 Å². The molecule has 0 radical (unpaired) electrons. The third kappa shape index (κ3) is 6.19. The van der Waals surface area contributed by atoms with E-state index in [0.717, 1.165) is 51.8 Å². The minimum atomic E-state index is -0.868. The highest BCUT2D eigenvalue weighted by molar-refractivity contribution is 5.84. The number of aromatic nitrogens is 1. The van der Waals surface area contributed by atoms with Gasteiger partial charge >= 0.3 is 0 Å². The summed E-state index contributed by atoms with van der Waals surface area (Å²) >= 11 is 0. The van der Waals surface area contributed by atoms with Gasteiger partial charge in [-0.05, 0) is 38.8 Å². The topological polar surface area (TPSA) is 84.9 Å². The third-order valence-corrected chi connectivity index (χ3v) is 5.28. The number of nitrogens with one attached hydrogen (secondary N) is 3. The van der Waals surface area contributed by atoms with Gasteiger partial charge < -0.3 is 25.5 Å². The van der Waals surface area contributed by atoms with Crippen molar-refractivity contribution >= 4 is 16.9 Å². The highest BCUT2D eigenvalue weighted by Gasteiger charge is 2.25. The van der Waals surface area contributed by atoms with Gasteiger partial charge in [-0.15, -0.1) is 0 Å². The molecule has 1 saturated heterocycles. The molecule has 7 nitrogen and oxygen atoms in total. The molecule has 0 spiro atoms. The molecule has 0 amide bonds. The fourth-order valence-corrected chi connectivity index (χ4v) is 3.84. The molecular formula is C22H35N5O2. The number of hydrogen-bond donors (Lipinski definition) is 4. The van der Waals surface area contributed by atoms with Gasteiger partial charge in [0.25, 0.3) is 0 Å². The number of β-amino-alcohol motifs (C(OH)–C–C–N with tert-alkyl or cyclic N) is 1. The summed E-state index contributed by atoms with van der Waals surface area (Å²) in [5.41, 5.74) is 2.86. The van der Waals surface area contributed by atoms with Crippen LogP contribution in [0.3, 0.4) is 0 Å². The number of morpholine rings is 1. The number of rotatable bonds is 8. The predicted molar refractivity (Wildman–Crippen MR) is 119 cm³/mol. The highest BCUT2D eigenvalue weighted by atomic mass is 16.5. The highest BCUT2D eigenvalue weighted by Crippen LogP contribution is 2.21. The summed E-state index contributed by atoms with van der Waals surface area (Å²) in [5.74, 6) is 0.743. The number of hydrogen-bond acceptors (Lipinski definition) is 4. The molecule has 160 valence electrons. The Labute approximate surface area is 173 Å². The molecule has 1 fully saturated rings. The monoisotopic (exact) mass is 401 g/mol. The fourth-order valence-electron chi connectivity index (χ4n) is 3.84. The van der Waals surface area contributed by atoms with Crippen molar-refractivity contribution in [1.29, 1.82) is 0 Å². The maximum atomic E-state index is 10.8. The van der Waals surface area contributed by atoms with Crippen LogP contribution < -0.4 is 10.6 Å². The minimum Gasteiger partial charge on any atom is -0.387 e. The van der Waals surface area contributed by atoms with Crippen LogP contribution >= 0.6 is 0 Å². The van der Waals surface area contributed by atoms with E-state index in [1.54, 1.807) is 0 Å². The van der Waals surface area contributed by atoms with Gasteiger partial charge in [0.1, 0.15) is 0 Å². The van der Waals surface area contributed by atoms with Gasteiger partial charge in [-0.2, -0.15) is 0 Å². The standard InChI is InChI=1S/C22H35N5O2/c1-4-23-21(25-15-22(3,28)16-27-11-13-29-14-12-27)24-10-9-18-17(2)26-20-8-6-5-7-19(18)20/h5-8,26,28H,4,9-16H2,1-3H3,(H2,23,24,25). The van der Waals surface area contributed by atoms with E-state index in [4.69, 9.17) is 4.74 Å². The van der Waals surface area contributed by atoms with Gasteiger partial charge in [0.2, 0.25) is 0 Å². The maximum absolute atomic E-state index is 10.8. The summed E-state index contributed by atoms with van der Waals surface area (Å²) in [7, 11) is 0. The molecule has 0 bridgehead atoms. The first-order valence-corrected chi connectivity index (χ1v) is 10.6. The Balaban J connectivity index is 1.55. The van der Waals surface area contributed by atoms with E-state index in [9.17, 15) is 5.11 Å². The predicted octanol–water partition coefficient (Wildman–Crippen LogP) is 1.66. The normalized spacial score (nSPS) is 18.0. The number of fused-ring (bicyclic) bond motifs is 1. The lowest BCUT2D eigenvalue weighted by Crippen LogP contribution is -2.48. The van der Waals surface area contributed by atoms with Crippen LogP contribution in [0.5, 0.6) is 0 Å². The number of aromatic amines is 1. The SMILES string of the molecule is CCNC(=NCC(C)(O)CN1CCOCC1)NCCc1c(C)[nH]c2ccccc12. The summed E-state index contributed by atoms with van der Waals surface area (Å²) in [5, 5.41) is 18.7. The molecule has 0 saturated carbocycles. The number of aliphatic hydroxyl groups is 1. The Morgan fingerprint density at radius 1 is 1.28 bits per heavy atom. The molecule has 1 aliphatic heterocycles. The lowest BCUT2D eigenvalue weighted by atomic mass is 10.1. The Morgan fingerprint density at radius 2 is 2.03 bits per heavy atom. The molecule has 1 aromatic carbocycles. The first kappa shape index (κ1) is 21.6. The molecule has 1 unspecified atom stereocenters. The van der Waals surface area contributed by atoms with Crippen molar-refractivity contribution in [1.82, 2.24) is 20.5 Å². The fraction of sp³-hybridized carbons (Fsp3) is 0.591. The second-order valence-corrected chi connectivity index (χ2v) is 8.03. The van der Waals surface area contributed by atoms with E-state index < -0.39 is 5.60 Å². The van der Waals surface area contributed by atoms with Gasteiger partial charge in [-0.25, -0.2) is 0 Å². The van der Waals surface area contributed by atoms with Crippen molar-refractivity contribution in [3.63, 3.8) is 0 Å². The van der Waals surface area contributed by atoms with E-state index in [-0.39, 0.29) is 0 Å². The Hall–Kier alpha value is -2.09. The van der Waals surface area contributed by atoms with Crippen LogP contribution in [0.15, 0.2) is 29.3 Å². The summed E-state index contributed by atoms with van der Waals surface area (Å²) in [4.78, 5) is 10.3. The quantitative estimate of drug-likeness (QED) is 0.399. The van der Waals surface area contributed by atoms with Gasteiger partial charge in [-0.3, -0.25) is 9.89 Å². The average Bonchev–Trinajstić information content (AvgIpc) is 3.02. The van der Waals surface area contributed by atoms with Gasteiger partial charge in [0.15, 0.2) is 5.96 Å². The van der Waals surface area contributed by atoms with Crippen LogP contribution in [0.25, 0.3) is 10.9 Å². The first-order valence-electron chi connectivity index (χ1n) is 10.6. The summed E-state index contributed by atoms with van der Waals surface area (Å²) in [6.07, 6.45) is 0.907. The summed E-state index contributed by atoms with van der Waals surface area (Å²) in [6, 6.07) is 8.41. The number of aliphatic imine (C=N–C) groups is 1. The van der Waals surface area contributed by atoms with Crippen LogP contribution in [0.2, 0.25) is 0 Å². The number of nitrogens with zero attached hydrogens (tertiary/aromatic N) is 2. The molecule has 29 heavy (non-hydrogen) atoms. The average molecular weight is 402 g/mol. The molecular weight excluding hydrogens is 366 g/mol. The second-order valence-electron chi connectivity index (χ2n) is 8.03. The van der Waals surface area contributed by atoms with E-state index in [1.807, 2.05) is 13.8 Å². The number of guanidine groups is 1.